The molecule has 24 heavy (non-hydrogen) atoms. The summed E-state index contributed by atoms with van der Waals surface area (Å²) >= 11 is 0. The Bertz CT molecular complexity index is 616. The van der Waals surface area contributed by atoms with Crippen LogP contribution in [0.3, 0.4) is 0 Å². The van der Waals surface area contributed by atoms with Gasteiger partial charge in [-0.2, -0.15) is 0 Å². The lowest BCUT2D eigenvalue weighted by Gasteiger charge is -2.50. The Kier molecular flexibility index (Phi) is 4.86. The molecule has 0 spiro atoms. The number of rotatable bonds is 3. The number of carbonyl (C=O) groups excluding carboxylic acids is 1. The number of carbonyl (C=O) groups is 1. The molecule has 0 N–H and O–H groups in total. The van der Waals surface area contributed by atoms with E-state index in [1.807, 2.05) is 6.92 Å². The molecule has 2 atom stereocenters. The van der Waals surface area contributed by atoms with Gasteiger partial charge in [-0.15, -0.1) is 0 Å². The van der Waals surface area contributed by atoms with E-state index in [2.05, 4.69) is 48.9 Å². The highest BCUT2D eigenvalue weighted by Crippen LogP contribution is 2.45. The molecule has 1 fully saturated rings. The Morgan fingerprint density at radius 1 is 1.42 bits per heavy atom. The molecule has 0 saturated carbocycles. The van der Waals surface area contributed by atoms with Gasteiger partial charge in [0.05, 0.1) is 6.61 Å². The first kappa shape index (κ1) is 17.3. The van der Waals surface area contributed by atoms with Gasteiger partial charge < -0.3 is 14.5 Å². The Morgan fingerprint density at radius 2 is 2.21 bits per heavy atom. The average molecular weight is 330 g/mol. The van der Waals surface area contributed by atoms with E-state index >= 15 is 0 Å². The number of hydrogen-bond donors (Lipinski definition) is 0. The first-order valence-electron chi connectivity index (χ1n) is 9.15. The predicted octanol–water partition coefficient (Wildman–Crippen LogP) is 3.12. The smallest absolute Gasteiger partial charge is 0.325 e. The topological polar surface area (TPSA) is 32.8 Å². The lowest BCUT2D eigenvalue weighted by atomic mass is 9.70. The summed E-state index contributed by atoms with van der Waals surface area (Å²) in [6.07, 6.45) is 3.41. The van der Waals surface area contributed by atoms with E-state index in [9.17, 15) is 4.79 Å². The minimum Gasteiger partial charge on any atom is -0.465 e. The second kappa shape index (κ2) is 6.75. The Labute approximate surface area is 145 Å². The number of ether oxygens (including phenoxy) is 1. The lowest BCUT2D eigenvalue weighted by Crippen LogP contribution is -2.53. The molecule has 1 aromatic carbocycles. The number of fused-ring (bicyclic) bond motifs is 4. The molecule has 132 valence electrons. The van der Waals surface area contributed by atoms with Gasteiger partial charge in [-0.1, -0.05) is 24.6 Å². The molecule has 0 radical (unpaired) electrons. The largest absolute Gasteiger partial charge is 0.465 e. The first-order chi connectivity index (χ1) is 11.4. The van der Waals surface area contributed by atoms with E-state index in [0.29, 0.717) is 19.2 Å². The number of likely N-dealkylation sites (N-methyl/N-ethyl adjacent to an activating group) is 1. The number of hydrogen-bond acceptors (Lipinski definition) is 4. The van der Waals surface area contributed by atoms with Gasteiger partial charge in [0.25, 0.3) is 0 Å². The molecule has 0 aliphatic carbocycles. The lowest BCUT2D eigenvalue weighted by molar-refractivity contribution is -0.141. The highest BCUT2D eigenvalue weighted by molar-refractivity contribution is 5.77. The molecule has 0 unspecified atom stereocenters. The summed E-state index contributed by atoms with van der Waals surface area (Å²) in [5, 5.41) is 0. The average Bonchev–Trinajstić information content (AvgIpc) is 2.50. The van der Waals surface area contributed by atoms with Gasteiger partial charge in [0.1, 0.15) is 6.54 Å². The molecule has 3 rings (SSSR count). The summed E-state index contributed by atoms with van der Waals surface area (Å²) in [6.45, 7) is 9.42. The third-order valence-electron chi connectivity index (χ3n) is 5.54. The summed E-state index contributed by atoms with van der Waals surface area (Å²) in [5.41, 5.74) is 4.04. The van der Waals surface area contributed by atoms with Crippen LogP contribution in [0.25, 0.3) is 0 Å². The Morgan fingerprint density at radius 3 is 2.96 bits per heavy atom. The molecule has 1 aromatic rings. The second-order valence-corrected chi connectivity index (χ2v) is 7.75. The third-order valence-corrected chi connectivity index (χ3v) is 5.54. The number of esters is 1. The van der Waals surface area contributed by atoms with Crippen molar-refractivity contribution in [3.05, 3.63) is 29.3 Å². The zero-order valence-corrected chi connectivity index (χ0v) is 15.5. The van der Waals surface area contributed by atoms with Gasteiger partial charge in [-0.05, 0) is 58.3 Å². The van der Waals surface area contributed by atoms with Crippen LogP contribution >= 0.6 is 0 Å². The molecule has 2 heterocycles. The summed E-state index contributed by atoms with van der Waals surface area (Å²) in [4.78, 5) is 16.9. The highest BCUT2D eigenvalue weighted by Gasteiger charge is 2.42. The summed E-state index contributed by atoms with van der Waals surface area (Å²) in [5.74, 6) is -0.119. The van der Waals surface area contributed by atoms with Crippen LogP contribution in [0.4, 0.5) is 5.69 Å². The number of benzene rings is 1. The van der Waals surface area contributed by atoms with Crippen LogP contribution in [-0.2, 0) is 14.9 Å². The summed E-state index contributed by atoms with van der Waals surface area (Å²) < 4.78 is 5.23. The number of likely N-dealkylation sites (tertiary alicyclic amines) is 1. The molecule has 1 saturated heterocycles. The van der Waals surface area contributed by atoms with Crippen molar-refractivity contribution >= 4 is 11.7 Å². The van der Waals surface area contributed by atoms with Crippen LogP contribution in [0.2, 0.25) is 0 Å². The SMILES string of the molecule is CCOC(=O)CN1c2ccc(C)cc2[C@@]2(C)C[C@H]1CCCN(C)C2. The van der Waals surface area contributed by atoms with Gasteiger partial charge >= 0.3 is 5.97 Å². The van der Waals surface area contributed by atoms with Gasteiger partial charge in [0.15, 0.2) is 0 Å². The van der Waals surface area contributed by atoms with Crippen molar-refractivity contribution in [2.24, 2.45) is 0 Å². The van der Waals surface area contributed by atoms with Crippen molar-refractivity contribution in [2.75, 3.05) is 38.2 Å². The number of anilines is 1. The van der Waals surface area contributed by atoms with Gasteiger partial charge in [0, 0.05) is 23.7 Å². The maximum atomic E-state index is 12.2. The van der Waals surface area contributed by atoms with Crippen molar-refractivity contribution in [3.63, 3.8) is 0 Å². The van der Waals surface area contributed by atoms with Gasteiger partial charge in [-0.25, -0.2) is 0 Å². The minimum atomic E-state index is -0.119. The maximum absolute atomic E-state index is 12.2. The molecule has 2 bridgehead atoms. The van der Waals surface area contributed by atoms with E-state index in [1.54, 1.807) is 0 Å². The zero-order valence-electron chi connectivity index (χ0n) is 15.5. The predicted molar refractivity (Wildman–Crippen MR) is 97.6 cm³/mol. The van der Waals surface area contributed by atoms with E-state index in [-0.39, 0.29) is 11.4 Å². The Balaban J connectivity index is 2.02. The molecule has 0 amide bonds. The van der Waals surface area contributed by atoms with Crippen LogP contribution in [0.5, 0.6) is 0 Å². The van der Waals surface area contributed by atoms with Crippen LogP contribution in [-0.4, -0.2) is 50.2 Å². The maximum Gasteiger partial charge on any atom is 0.325 e. The Hall–Kier alpha value is -1.55. The molecule has 4 nitrogen and oxygen atoms in total. The fourth-order valence-corrected chi connectivity index (χ4v) is 4.56. The normalized spacial score (nSPS) is 27.2. The van der Waals surface area contributed by atoms with Crippen molar-refractivity contribution < 1.29 is 9.53 Å². The van der Waals surface area contributed by atoms with Crippen LogP contribution in [0.15, 0.2) is 18.2 Å². The van der Waals surface area contributed by atoms with Crippen LogP contribution < -0.4 is 4.90 Å². The molecular formula is C20H30N2O2. The standard InChI is InChI=1S/C20H30N2O2/c1-5-24-19(23)13-22-16-7-6-10-21(4)14-20(3,12-16)17-11-15(2)8-9-18(17)22/h8-9,11,16H,5-7,10,12-14H2,1-4H3/t16-,20+/m1/s1. The minimum absolute atomic E-state index is 0.119. The molecule has 4 heteroatoms. The van der Waals surface area contributed by atoms with Crippen LogP contribution in [0.1, 0.15) is 44.2 Å². The van der Waals surface area contributed by atoms with Crippen molar-refractivity contribution in [1.82, 2.24) is 4.90 Å². The van der Waals surface area contributed by atoms with E-state index in [4.69, 9.17) is 4.74 Å². The first-order valence-corrected chi connectivity index (χ1v) is 9.15. The second-order valence-electron chi connectivity index (χ2n) is 7.75. The van der Waals surface area contributed by atoms with Crippen LogP contribution in [0, 0.1) is 6.92 Å². The molecule has 2 aliphatic rings. The van der Waals surface area contributed by atoms with E-state index in [0.717, 1.165) is 25.9 Å². The quantitative estimate of drug-likeness (QED) is 0.797. The van der Waals surface area contributed by atoms with Gasteiger partial charge in [-0.3, -0.25) is 4.79 Å². The molecular weight excluding hydrogens is 300 g/mol. The van der Waals surface area contributed by atoms with Gasteiger partial charge in [0.2, 0.25) is 0 Å². The van der Waals surface area contributed by atoms with E-state index in [1.165, 1.54) is 23.2 Å². The van der Waals surface area contributed by atoms with E-state index < -0.39 is 0 Å². The fourth-order valence-electron chi connectivity index (χ4n) is 4.56. The fraction of sp³-hybridized carbons (Fsp3) is 0.650. The summed E-state index contributed by atoms with van der Waals surface area (Å²) in [7, 11) is 2.23. The third kappa shape index (κ3) is 3.30. The van der Waals surface area contributed by atoms with Crippen molar-refractivity contribution in [3.8, 4) is 0 Å². The number of aryl methyl sites for hydroxylation is 1. The highest BCUT2D eigenvalue weighted by atomic mass is 16.5. The number of nitrogens with zero attached hydrogens (tertiary/aromatic N) is 2. The monoisotopic (exact) mass is 330 g/mol. The molecule has 0 aromatic heterocycles. The zero-order chi connectivity index (χ0) is 17.3. The van der Waals surface area contributed by atoms with Crippen molar-refractivity contribution in [1.29, 1.82) is 0 Å². The van der Waals surface area contributed by atoms with Crippen molar-refractivity contribution in [2.45, 2.75) is 51.5 Å². The summed E-state index contributed by atoms with van der Waals surface area (Å²) in [6, 6.07) is 7.10. The molecule has 2 aliphatic heterocycles.